The maximum Gasteiger partial charge on any atom is 0.223 e. The molecule has 3 nitrogen and oxygen atoms in total. The molecule has 0 radical (unpaired) electrons. The highest BCUT2D eigenvalue weighted by Crippen LogP contribution is 2.12. The van der Waals surface area contributed by atoms with Crippen LogP contribution in [-0.2, 0) is 11.3 Å². The van der Waals surface area contributed by atoms with Crippen LogP contribution in [0.3, 0.4) is 0 Å². The van der Waals surface area contributed by atoms with E-state index in [1.54, 1.807) is 7.11 Å². The zero-order valence-corrected chi connectivity index (χ0v) is 9.77. The molecule has 0 N–H and O–H groups in total. The number of hydrogen-bond donors (Lipinski definition) is 0. The van der Waals surface area contributed by atoms with E-state index < -0.39 is 0 Å². The highest BCUT2D eigenvalue weighted by molar-refractivity contribution is 5.26. The predicted octanol–water partition coefficient (Wildman–Crippen LogP) is 2.91. The minimum atomic E-state index is 0.0517. The molecule has 0 aliphatic rings. The fraction of sp³-hybridized carbons (Fsp3) is 0.462. The van der Waals surface area contributed by atoms with Crippen molar-refractivity contribution >= 4 is 0 Å². The van der Waals surface area contributed by atoms with Crippen LogP contribution >= 0.6 is 0 Å². The van der Waals surface area contributed by atoms with Gasteiger partial charge in [0, 0.05) is 13.3 Å². The lowest BCUT2D eigenvalue weighted by Crippen LogP contribution is -2.02. The Morgan fingerprint density at radius 1 is 1.31 bits per heavy atom. The summed E-state index contributed by atoms with van der Waals surface area (Å²) in [4.78, 5) is 3.41. The highest BCUT2D eigenvalue weighted by Gasteiger charge is 2.03. The summed E-state index contributed by atoms with van der Waals surface area (Å²) in [5.41, 5.74) is 1.12. The number of rotatable bonds is 6. The lowest BCUT2D eigenvalue weighted by atomic mass is 10.2. The molecule has 0 saturated carbocycles. The molecule has 16 heavy (non-hydrogen) atoms. The molecular weight excluding hydrogens is 202 g/mol. The van der Waals surface area contributed by atoms with Gasteiger partial charge in [0.2, 0.25) is 6.04 Å². The Kier molecular flexibility index (Phi) is 5.38. The van der Waals surface area contributed by atoms with Crippen LogP contribution in [-0.4, -0.2) is 19.8 Å². The van der Waals surface area contributed by atoms with Gasteiger partial charge in [0.05, 0.1) is 20.3 Å². The summed E-state index contributed by atoms with van der Waals surface area (Å²) >= 11 is 0. The SMILES string of the molecule is [C-]#[N+]C(C)CCOCc1ccc(OC)cc1. The summed E-state index contributed by atoms with van der Waals surface area (Å²) in [5.74, 6) is 0.852. The molecule has 0 saturated heterocycles. The lowest BCUT2D eigenvalue weighted by Gasteiger charge is -2.05. The number of methoxy groups -OCH3 is 1. The lowest BCUT2D eigenvalue weighted by molar-refractivity contribution is 0.117. The second kappa shape index (κ2) is 6.86. The molecule has 1 atom stereocenters. The van der Waals surface area contributed by atoms with Crippen LogP contribution in [0.2, 0.25) is 0 Å². The monoisotopic (exact) mass is 219 g/mol. The van der Waals surface area contributed by atoms with E-state index in [0.717, 1.165) is 17.7 Å². The molecule has 0 fully saturated rings. The topological polar surface area (TPSA) is 22.8 Å². The Bertz CT molecular complexity index is 340. The average molecular weight is 219 g/mol. The maximum absolute atomic E-state index is 6.81. The summed E-state index contributed by atoms with van der Waals surface area (Å²) in [7, 11) is 1.65. The molecule has 1 unspecified atom stereocenters. The Hall–Kier alpha value is -1.53. The van der Waals surface area contributed by atoms with Crippen LogP contribution in [0, 0.1) is 6.57 Å². The Labute approximate surface area is 96.8 Å². The van der Waals surface area contributed by atoms with Gasteiger partial charge < -0.3 is 14.3 Å². The molecule has 0 aliphatic heterocycles. The van der Waals surface area contributed by atoms with E-state index in [0.29, 0.717) is 13.2 Å². The molecule has 0 spiro atoms. The van der Waals surface area contributed by atoms with Gasteiger partial charge >= 0.3 is 0 Å². The molecule has 0 heterocycles. The number of benzene rings is 1. The van der Waals surface area contributed by atoms with E-state index in [-0.39, 0.29) is 6.04 Å². The van der Waals surface area contributed by atoms with Crippen molar-refractivity contribution in [1.82, 2.24) is 0 Å². The second-order valence-corrected chi connectivity index (χ2v) is 3.67. The molecule has 86 valence electrons. The van der Waals surface area contributed by atoms with Crippen molar-refractivity contribution in [2.75, 3.05) is 13.7 Å². The van der Waals surface area contributed by atoms with Crippen LogP contribution in [0.4, 0.5) is 0 Å². The second-order valence-electron chi connectivity index (χ2n) is 3.67. The molecule has 1 aromatic rings. The molecular formula is C13H17NO2. The first kappa shape index (κ1) is 12.5. The first-order valence-corrected chi connectivity index (χ1v) is 5.33. The van der Waals surface area contributed by atoms with Gasteiger partial charge in [-0.25, -0.2) is 6.57 Å². The molecule has 1 rings (SSSR count). The normalized spacial score (nSPS) is 11.8. The third kappa shape index (κ3) is 4.33. The number of ether oxygens (including phenoxy) is 2. The first-order chi connectivity index (χ1) is 7.76. The van der Waals surface area contributed by atoms with E-state index in [9.17, 15) is 0 Å². The van der Waals surface area contributed by atoms with Gasteiger partial charge in [0.1, 0.15) is 5.75 Å². The van der Waals surface area contributed by atoms with Gasteiger partial charge in [-0.1, -0.05) is 12.1 Å². The van der Waals surface area contributed by atoms with E-state index in [2.05, 4.69) is 4.85 Å². The van der Waals surface area contributed by atoms with Gasteiger partial charge in [0.15, 0.2) is 0 Å². The zero-order chi connectivity index (χ0) is 11.8. The van der Waals surface area contributed by atoms with Gasteiger partial charge in [-0.15, -0.1) is 0 Å². The van der Waals surface area contributed by atoms with Crippen LogP contribution < -0.4 is 4.74 Å². The fourth-order valence-corrected chi connectivity index (χ4v) is 1.23. The predicted molar refractivity (Wildman–Crippen MR) is 63.3 cm³/mol. The third-order valence-electron chi connectivity index (χ3n) is 2.33. The zero-order valence-electron chi connectivity index (χ0n) is 9.77. The summed E-state index contributed by atoms with van der Waals surface area (Å²) < 4.78 is 10.5. The van der Waals surface area contributed by atoms with Crippen molar-refractivity contribution in [2.24, 2.45) is 0 Å². The van der Waals surface area contributed by atoms with Crippen LogP contribution in [0.5, 0.6) is 5.75 Å². The fourth-order valence-electron chi connectivity index (χ4n) is 1.23. The average Bonchev–Trinajstić information content (AvgIpc) is 2.35. The summed E-state index contributed by atoms with van der Waals surface area (Å²) in [6.07, 6.45) is 0.791. The Morgan fingerprint density at radius 2 is 2.00 bits per heavy atom. The van der Waals surface area contributed by atoms with E-state index >= 15 is 0 Å². The van der Waals surface area contributed by atoms with Crippen molar-refractivity contribution in [3.8, 4) is 5.75 Å². The van der Waals surface area contributed by atoms with Gasteiger partial charge in [-0.2, -0.15) is 0 Å². The first-order valence-electron chi connectivity index (χ1n) is 5.33. The summed E-state index contributed by atoms with van der Waals surface area (Å²) in [6, 6.07) is 7.85. The number of nitrogens with zero attached hydrogens (tertiary/aromatic N) is 1. The van der Waals surface area contributed by atoms with Gasteiger partial charge in [-0.05, 0) is 17.7 Å². The summed E-state index contributed by atoms with van der Waals surface area (Å²) in [5, 5.41) is 0. The van der Waals surface area contributed by atoms with Crippen molar-refractivity contribution in [3.63, 3.8) is 0 Å². The van der Waals surface area contributed by atoms with Gasteiger partial charge in [-0.3, -0.25) is 0 Å². The smallest absolute Gasteiger partial charge is 0.223 e. The van der Waals surface area contributed by atoms with Crippen molar-refractivity contribution in [3.05, 3.63) is 41.2 Å². The van der Waals surface area contributed by atoms with E-state index in [1.165, 1.54) is 0 Å². The number of hydrogen-bond acceptors (Lipinski definition) is 2. The van der Waals surface area contributed by atoms with E-state index in [1.807, 2.05) is 31.2 Å². The molecule has 1 aromatic carbocycles. The molecule has 0 aromatic heterocycles. The minimum Gasteiger partial charge on any atom is -0.497 e. The quantitative estimate of drug-likeness (QED) is 0.542. The molecule has 0 bridgehead atoms. The standard InChI is InChI=1S/C13H17NO2/c1-11(14-2)8-9-16-10-12-4-6-13(15-3)7-5-12/h4-7,11H,8-10H2,1,3H3. The molecule has 0 aliphatic carbocycles. The van der Waals surface area contributed by atoms with Crippen molar-refractivity contribution in [1.29, 1.82) is 0 Å². The third-order valence-corrected chi connectivity index (χ3v) is 2.33. The van der Waals surface area contributed by atoms with E-state index in [4.69, 9.17) is 16.0 Å². The molecule has 3 heteroatoms. The van der Waals surface area contributed by atoms with Crippen molar-refractivity contribution in [2.45, 2.75) is 26.0 Å². The van der Waals surface area contributed by atoms with Crippen LogP contribution in [0.25, 0.3) is 4.85 Å². The van der Waals surface area contributed by atoms with Gasteiger partial charge in [0.25, 0.3) is 0 Å². The van der Waals surface area contributed by atoms with Crippen LogP contribution in [0.1, 0.15) is 18.9 Å². The minimum absolute atomic E-state index is 0.0517. The highest BCUT2D eigenvalue weighted by atomic mass is 16.5. The maximum atomic E-state index is 6.81. The van der Waals surface area contributed by atoms with Crippen molar-refractivity contribution < 1.29 is 9.47 Å². The Balaban J connectivity index is 2.24. The van der Waals surface area contributed by atoms with Crippen LogP contribution in [0.15, 0.2) is 24.3 Å². The molecule has 0 amide bonds. The summed E-state index contributed by atoms with van der Waals surface area (Å²) in [6.45, 7) is 9.94. The largest absolute Gasteiger partial charge is 0.497 e. The Morgan fingerprint density at radius 3 is 2.56 bits per heavy atom.